The third-order valence-corrected chi connectivity index (χ3v) is 5.38. The van der Waals surface area contributed by atoms with Crippen LogP contribution in [0.15, 0.2) is 53.4 Å². The lowest BCUT2D eigenvalue weighted by molar-refractivity contribution is 0.466. The Morgan fingerprint density at radius 3 is 1.95 bits per heavy atom. The zero-order valence-electron chi connectivity index (χ0n) is 12.7. The molecular formula is C17H21NO2S. The van der Waals surface area contributed by atoms with Gasteiger partial charge in [-0.2, -0.15) is 4.31 Å². The summed E-state index contributed by atoms with van der Waals surface area (Å²) in [5.41, 5.74) is 3.29. The summed E-state index contributed by atoms with van der Waals surface area (Å²) < 4.78 is 26.4. The van der Waals surface area contributed by atoms with Crippen LogP contribution in [0.5, 0.6) is 0 Å². The van der Waals surface area contributed by atoms with E-state index >= 15 is 0 Å². The molecule has 4 heteroatoms. The molecule has 0 heterocycles. The average molecular weight is 303 g/mol. The number of sulfonamides is 1. The van der Waals surface area contributed by atoms with Crippen molar-refractivity contribution in [3.05, 3.63) is 65.2 Å². The van der Waals surface area contributed by atoms with Crippen molar-refractivity contribution in [2.45, 2.75) is 31.7 Å². The molecule has 0 atom stereocenters. The minimum Gasteiger partial charge on any atom is -0.207 e. The molecule has 2 aromatic rings. The highest BCUT2D eigenvalue weighted by Crippen LogP contribution is 2.17. The van der Waals surface area contributed by atoms with Gasteiger partial charge in [0.25, 0.3) is 0 Å². The number of aryl methyl sites for hydroxylation is 2. The van der Waals surface area contributed by atoms with E-state index in [0.717, 1.165) is 17.5 Å². The van der Waals surface area contributed by atoms with Crippen molar-refractivity contribution in [2.24, 2.45) is 0 Å². The van der Waals surface area contributed by atoms with E-state index in [1.807, 2.05) is 43.3 Å². The second-order valence-corrected chi connectivity index (χ2v) is 7.29. The van der Waals surface area contributed by atoms with Gasteiger partial charge in [0.1, 0.15) is 0 Å². The van der Waals surface area contributed by atoms with E-state index in [2.05, 4.69) is 6.92 Å². The molecule has 2 aromatic carbocycles. The number of hydrogen-bond acceptors (Lipinski definition) is 2. The zero-order chi connectivity index (χ0) is 15.5. The fourth-order valence-corrected chi connectivity index (χ4v) is 3.27. The number of hydrogen-bond donors (Lipinski definition) is 0. The third-order valence-electron chi connectivity index (χ3n) is 3.57. The molecule has 0 aliphatic carbocycles. The standard InChI is InChI=1S/C17H21NO2S/c1-4-15-7-9-16(10-8-15)13-18(3)21(19,20)17-11-5-14(2)6-12-17/h5-12H,4,13H2,1-3H3. The Bertz CT molecular complexity index is 689. The molecule has 0 N–H and O–H groups in total. The van der Waals surface area contributed by atoms with Gasteiger partial charge >= 0.3 is 0 Å². The normalized spacial score (nSPS) is 11.8. The fourth-order valence-electron chi connectivity index (χ4n) is 2.11. The number of benzene rings is 2. The van der Waals surface area contributed by atoms with Gasteiger partial charge in [0, 0.05) is 13.6 Å². The molecule has 0 fully saturated rings. The number of rotatable bonds is 5. The minimum atomic E-state index is -3.44. The lowest BCUT2D eigenvalue weighted by Gasteiger charge is -2.17. The second-order valence-electron chi connectivity index (χ2n) is 5.24. The van der Waals surface area contributed by atoms with Crippen molar-refractivity contribution < 1.29 is 8.42 Å². The molecule has 0 spiro atoms. The molecule has 0 aliphatic heterocycles. The van der Waals surface area contributed by atoms with E-state index in [1.54, 1.807) is 19.2 Å². The Morgan fingerprint density at radius 1 is 0.905 bits per heavy atom. The SMILES string of the molecule is CCc1ccc(CN(C)S(=O)(=O)c2ccc(C)cc2)cc1. The van der Waals surface area contributed by atoms with Crippen molar-refractivity contribution in [3.8, 4) is 0 Å². The monoisotopic (exact) mass is 303 g/mol. The van der Waals surface area contributed by atoms with Crippen molar-refractivity contribution >= 4 is 10.0 Å². The average Bonchev–Trinajstić information content (AvgIpc) is 2.48. The van der Waals surface area contributed by atoms with Gasteiger partial charge in [-0.05, 0) is 36.6 Å². The van der Waals surface area contributed by atoms with Crippen LogP contribution in [0.3, 0.4) is 0 Å². The predicted octanol–water partition coefficient (Wildman–Crippen LogP) is 3.38. The summed E-state index contributed by atoms with van der Waals surface area (Å²) in [6, 6.07) is 15.0. The first-order valence-electron chi connectivity index (χ1n) is 7.04. The van der Waals surface area contributed by atoms with Crippen molar-refractivity contribution in [1.29, 1.82) is 0 Å². The van der Waals surface area contributed by atoms with Gasteiger partial charge in [-0.3, -0.25) is 0 Å². The molecule has 0 bridgehead atoms. The van der Waals surface area contributed by atoms with Gasteiger partial charge in [0.2, 0.25) is 10.0 Å². The van der Waals surface area contributed by atoms with Crippen LogP contribution in [0.1, 0.15) is 23.6 Å². The minimum absolute atomic E-state index is 0.334. The summed E-state index contributed by atoms with van der Waals surface area (Å²) in [5.74, 6) is 0. The Labute approximate surface area is 127 Å². The highest BCUT2D eigenvalue weighted by molar-refractivity contribution is 7.89. The molecule has 0 aliphatic rings. The van der Waals surface area contributed by atoms with Crippen LogP contribution in [0, 0.1) is 6.92 Å². The lowest BCUT2D eigenvalue weighted by atomic mass is 10.1. The third kappa shape index (κ3) is 3.71. The molecule has 3 nitrogen and oxygen atoms in total. The van der Waals surface area contributed by atoms with Crippen LogP contribution in [0.25, 0.3) is 0 Å². The van der Waals surface area contributed by atoms with Crippen molar-refractivity contribution in [3.63, 3.8) is 0 Å². The maximum atomic E-state index is 12.5. The maximum Gasteiger partial charge on any atom is 0.243 e. The highest BCUT2D eigenvalue weighted by atomic mass is 32.2. The maximum absolute atomic E-state index is 12.5. The van der Waals surface area contributed by atoms with E-state index in [4.69, 9.17) is 0 Å². The molecule has 0 saturated carbocycles. The van der Waals surface area contributed by atoms with E-state index in [0.29, 0.717) is 11.4 Å². The molecule has 0 unspecified atom stereocenters. The summed E-state index contributed by atoms with van der Waals surface area (Å²) in [6.07, 6.45) is 0.984. The lowest BCUT2D eigenvalue weighted by Crippen LogP contribution is -2.26. The molecule has 0 aromatic heterocycles. The van der Waals surface area contributed by atoms with Gasteiger partial charge in [-0.1, -0.05) is 48.9 Å². The quantitative estimate of drug-likeness (QED) is 0.849. The van der Waals surface area contributed by atoms with Crippen LogP contribution in [-0.4, -0.2) is 19.8 Å². The highest BCUT2D eigenvalue weighted by Gasteiger charge is 2.20. The van der Waals surface area contributed by atoms with Gasteiger partial charge in [0.05, 0.1) is 4.90 Å². The largest absolute Gasteiger partial charge is 0.243 e. The van der Waals surface area contributed by atoms with Crippen LogP contribution in [-0.2, 0) is 23.0 Å². The number of nitrogens with zero attached hydrogens (tertiary/aromatic N) is 1. The molecular weight excluding hydrogens is 282 g/mol. The van der Waals surface area contributed by atoms with Crippen LogP contribution < -0.4 is 0 Å². The van der Waals surface area contributed by atoms with Crippen LogP contribution in [0.4, 0.5) is 0 Å². The fraction of sp³-hybridized carbons (Fsp3) is 0.294. The Hall–Kier alpha value is -1.65. The van der Waals surface area contributed by atoms with Gasteiger partial charge in [-0.15, -0.1) is 0 Å². The first-order valence-corrected chi connectivity index (χ1v) is 8.48. The van der Waals surface area contributed by atoms with Crippen molar-refractivity contribution in [1.82, 2.24) is 4.31 Å². The predicted molar refractivity (Wildman–Crippen MR) is 85.7 cm³/mol. The van der Waals surface area contributed by atoms with Gasteiger partial charge < -0.3 is 0 Å². The van der Waals surface area contributed by atoms with Crippen molar-refractivity contribution in [2.75, 3.05) is 7.05 Å². The summed E-state index contributed by atoms with van der Waals surface area (Å²) in [5, 5.41) is 0. The Kier molecular flexibility index (Phi) is 4.80. The van der Waals surface area contributed by atoms with Gasteiger partial charge in [0.15, 0.2) is 0 Å². The Morgan fingerprint density at radius 2 is 1.43 bits per heavy atom. The molecule has 2 rings (SSSR count). The first-order chi connectivity index (χ1) is 9.93. The first kappa shape index (κ1) is 15.7. The summed E-state index contributed by atoms with van der Waals surface area (Å²) >= 11 is 0. The topological polar surface area (TPSA) is 37.4 Å². The molecule has 0 amide bonds. The molecule has 112 valence electrons. The zero-order valence-corrected chi connectivity index (χ0v) is 13.5. The summed E-state index contributed by atoms with van der Waals surface area (Å²) in [6.45, 7) is 4.42. The van der Waals surface area contributed by atoms with E-state index in [1.165, 1.54) is 9.87 Å². The smallest absolute Gasteiger partial charge is 0.207 e. The summed E-state index contributed by atoms with van der Waals surface area (Å²) in [7, 11) is -1.82. The van der Waals surface area contributed by atoms with E-state index in [9.17, 15) is 8.42 Å². The summed E-state index contributed by atoms with van der Waals surface area (Å²) in [4.78, 5) is 0.334. The second kappa shape index (κ2) is 6.41. The van der Waals surface area contributed by atoms with Crippen LogP contribution >= 0.6 is 0 Å². The van der Waals surface area contributed by atoms with E-state index in [-0.39, 0.29) is 0 Å². The molecule has 0 radical (unpaired) electrons. The van der Waals surface area contributed by atoms with Gasteiger partial charge in [-0.25, -0.2) is 8.42 Å². The van der Waals surface area contributed by atoms with Crippen LogP contribution in [0.2, 0.25) is 0 Å². The molecule has 0 saturated heterocycles. The van der Waals surface area contributed by atoms with E-state index < -0.39 is 10.0 Å². The Balaban J connectivity index is 2.17. The molecule has 21 heavy (non-hydrogen) atoms.